The second-order valence-electron chi connectivity index (χ2n) is 3.37. The number of nitro benzene ring substituents is 1. The van der Waals surface area contributed by atoms with Gasteiger partial charge in [0.2, 0.25) is 0 Å². The van der Waals surface area contributed by atoms with Crippen LogP contribution in [-0.2, 0) is 0 Å². The minimum Gasteiger partial charge on any atom is -0.258 e. The Labute approximate surface area is 95.5 Å². The molecule has 0 bridgehead atoms. The average molecular weight is 234 g/mol. The van der Waals surface area contributed by atoms with Crippen LogP contribution in [0.5, 0.6) is 0 Å². The first-order valence-electron chi connectivity index (χ1n) is 4.69. The molecule has 0 fully saturated rings. The summed E-state index contributed by atoms with van der Waals surface area (Å²) in [5, 5.41) is 10.4. The Morgan fingerprint density at radius 3 is 2.00 bits per heavy atom. The van der Waals surface area contributed by atoms with Gasteiger partial charge in [-0.1, -0.05) is 0 Å². The van der Waals surface area contributed by atoms with E-state index in [1.54, 1.807) is 0 Å². The number of hydrogen-bond donors (Lipinski definition) is 0. The van der Waals surface area contributed by atoms with Gasteiger partial charge in [-0.15, -0.1) is 0 Å². The van der Waals surface area contributed by atoms with Gasteiger partial charge in [-0.25, -0.2) is 8.78 Å². The van der Waals surface area contributed by atoms with Gasteiger partial charge in [0.25, 0.3) is 5.69 Å². The van der Waals surface area contributed by atoms with Crippen molar-refractivity contribution in [2.45, 2.75) is 0 Å². The molecule has 1 radical (unpaired) electrons. The van der Waals surface area contributed by atoms with E-state index in [1.807, 2.05) is 6.07 Å². The summed E-state index contributed by atoms with van der Waals surface area (Å²) < 4.78 is 25.8. The molecule has 0 aromatic heterocycles. The summed E-state index contributed by atoms with van der Waals surface area (Å²) in [5.74, 6) is -1.61. The second kappa shape index (κ2) is 4.29. The highest BCUT2D eigenvalue weighted by molar-refractivity contribution is 5.64. The number of hydrogen-bond acceptors (Lipinski definition) is 2. The number of benzene rings is 2. The van der Waals surface area contributed by atoms with Crippen LogP contribution in [0.4, 0.5) is 14.5 Å². The van der Waals surface area contributed by atoms with Crippen LogP contribution >= 0.6 is 0 Å². The fourth-order valence-corrected chi connectivity index (χ4v) is 1.44. The highest BCUT2D eigenvalue weighted by Crippen LogP contribution is 2.23. The van der Waals surface area contributed by atoms with Gasteiger partial charge in [0.15, 0.2) is 0 Å². The Kier molecular flexibility index (Phi) is 2.82. The molecule has 0 heterocycles. The summed E-state index contributed by atoms with van der Waals surface area (Å²) in [6, 6.07) is 9.53. The average Bonchev–Trinajstić information content (AvgIpc) is 2.28. The van der Waals surface area contributed by atoms with E-state index in [-0.39, 0.29) is 5.69 Å². The zero-order valence-electron chi connectivity index (χ0n) is 8.48. The summed E-state index contributed by atoms with van der Waals surface area (Å²) >= 11 is 0. The maximum Gasteiger partial charge on any atom is 0.269 e. The largest absolute Gasteiger partial charge is 0.269 e. The summed E-state index contributed by atoms with van der Waals surface area (Å²) in [5.41, 5.74) is 0.744. The first-order valence-corrected chi connectivity index (χ1v) is 4.69. The monoisotopic (exact) mass is 234 g/mol. The lowest BCUT2D eigenvalue weighted by Gasteiger charge is -2.01. The lowest BCUT2D eigenvalue weighted by molar-refractivity contribution is -0.384. The van der Waals surface area contributed by atoms with Crippen molar-refractivity contribution in [3.8, 4) is 11.1 Å². The van der Waals surface area contributed by atoms with Crippen LogP contribution in [-0.4, -0.2) is 4.92 Å². The maximum absolute atomic E-state index is 12.9. The minimum atomic E-state index is -0.807. The van der Waals surface area contributed by atoms with Gasteiger partial charge < -0.3 is 0 Å². The fraction of sp³-hybridized carbons (Fsp3) is 0. The van der Waals surface area contributed by atoms with E-state index >= 15 is 0 Å². The Morgan fingerprint density at radius 1 is 1.00 bits per heavy atom. The molecule has 0 aliphatic rings. The molecule has 0 atom stereocenters. The summed E-state index contributed by atoms with van der Waals surface area (Å²) in [7, 11) is 0. The van der Waals surface area contributed by atoms with Gasteiger partial charge in [-0.2, -0.15) is 0 Å². The molecule has 0 unspecified atom stereocenters. The predicted octanol–water partition coefficient (Wildman–Crippen LogP) is 3.34. The zero-order chi connectivity index (χ0) is 12.4. The third kappa shape index (κ3) is 2.44. The Bertz CT molecular complexity index is 547. The van der Waals surface area contributed by atoms with E-state index in [4.69, 9.17) is 0 Å². The minimum absolute atomic E-state index is 0.0720. The number of nitro groups is 1. The van der Waals surface area contributed by atoms with Crippen LogP contribution in [0.2, 0.25) is 0 Å². The van der Waals surface area contributed by atoms with Crippen LogP contribution in [0, 0.1) is 27.8 Å². The van der Waals surface area contributed by atoms with E-state index in [0.29, 0.717) is 11.1 Å². The molecule has 0 amide bonds. The molecule has 17 heavy (non-hydrogen) atoms. The van der Waals surface area contributed by atoms with Crippen molar-refractivity contribution in [3.63, 3.8) is 0 Å². The molecule has 0 aliphatic heterocycles. The van der Waals surface area contributed by atoms with Crippen molar-refractivity contribution in [2.75, 3.05) is 0 Å². The lowest BCUT2D eigenvalue weighted by Crippen LogP contribution is -1.88. The first kappa shape index (κ1) is 11.2. The molecule has 0 spiro atoms. The van der Waals surface area contributed by atoms with Gasteiger partial charge in [-0.3, -0.25) is 10.1 Å². The standard InChI is InChI=1S/C12H6F2NO2/c13-10-5-9(6-11(14)7-10)8-1-3-12(4-2-8)15(16)17/h1-6H. The molecule has 2 aromatic rings. The third-order valence-corrected chi connectivity index (χ3v) is 2.21. The number of halogens is 2. The summed E-state index contributed by atoms with van der Waals surface area (Å²) in [6.45, 7) is 0. The molecule has 0 saturated carbocycles. The maximum atomic E-state index is 12.9. The van der Waals surface area contributed by atoms with Crippen LogP contribution in [0.3, 0.4) is 0 Å². The Morgan fingerprint density at radius 2 is 1.53 bits per heavy atom. The number of rotatable bonds is 2. The molecular formula is C12H6F2NO2. The molecular weight excluding hydrogens is 228 g/mol. The summed E-state index contributed by atoms with van der Waals surface area (Å²) in [4.78, 5) is 9.90. The van der Waals surface area contributed by atoms with Crippen molar-refractivity contribution >= 4 is 5.69 Å². The molecule has 0 saturated heterocycles. The topological polar surface area (TPSA) is 43.1 Å². The van der Waals surface area contributed by atoms with Gasteiger partial charge in [0, 0.05) is 12.1 Å². The van der Waals surface area contributed by atoms with E-state index in [2.05, 4.69) is 0 Å². The van der Waals surface area contributed by atoms with Crippen molar-refractivity contribution in [3.05, 3.63) is 64.2 Å². The van der Waals surface area contributed by atoms with Crippen molar-refractivity contribution < 1.29 is 13.7 Å². The lowest BCUT2D eigenvalue weighted by atomic mass is 10.1. The van der Waals surface area contributed by atoms with Gasteiger partial charge in [-0.05, 0) is 35.4 Å². The van der Waals surface area contributed by atoms with Crippen molar-refractivity contribution in [2.24, 2.45) is 0 Å². The highest BCUT2D eigenvalue weighted by atomic mass is 19.1. The van der Waals surface area contributed by atoms with E-state index in [1.165, 1.54) is 24.3 Å². The van der Waals surface area contributed by atoms with Gasteiger partial charge in [0.1, 0.15) is 11.6 Å². The molecule has 3 nitrogen and oxygen atoms in total. The van der Waals surface area contributed by atoms with E-state index in [0.717, 1.165) is 12.1 Å². The van der Waals surface area contributed by atoms with Crippen LogP contribution in [0.25, 0.3) is 11.1 Å². The van der Waals surface area contributed by atoms with E-state index in [9.17, 15) is 18.9 Å². The Hall–Kier alpha value is -2.30. The Balaban J connectivity index is 2.43. The summed E-state index contributed by atoms with van der Waals surface area (Å²) in [6.07, 6.45) is 0. The van der Waals surface area contributed by atoms with E-state index < -0.39 is 16.6 Å². The molecule has 85 valence electrons. The van der Waals surface area contributed by atoms with Crippen LogP contribution in [0.1, 0.15) is 0 Å². The van der Waals surface area contributed by atoms with Gasteiger partial charge >= 0.3 is 0 Å². The van der Waals surface area contributed by atoms with Crippen LogP contribution in [0.15, 0.2) is 36.4 Å². The quantitative estimate of drug-likeness (QED) is 0.590. The SMILES string of the molecule is O=[N+]([O-])c1ccc(-c2cc(F)[c]c(F)c2)cc1. The number of non-ortho nitro benzene ring substituents is 1. The molecule has 2 rings (SSSR count). The molecule has 0 aliphatic carbocycles. The zero-order valence-corrected chi connectivity index (χ0v) is 8.48. The smallest absolute Gasteiger partial charge is 0.258 e. The highest BCUT2D eigenvalue weighted by Gasteiger charge is 2.07. The van der Waals surface area contributed by atoms with Crippen LogP contribution < -0.4 is 0 Å². The number of nitrogens with zero attached hydrogens (tertiary/aromatic N) is 1. The van der Waals surface area contributed by atoms with Gasteiger partial charge in [0.05, 0.1) is 11.0 Å². The normalized spacial score (nSPS) is 10.2. The van der Waals surface area contributed by atoms with Crippen molar-refractivity contribution in [1.82, 2.24) is 0 Å². The third-order valence-electron chi connectivity index (χ3n) is 2.21. The first-order chi connectivity index (χ1) is 8.06. The fourth-order valence-electron chi connectivity index (χ4n) is 1.44. The second-order valence-corrected chi connectivity index (χ2v) is 3.37. The molecule has 0 N–H and O–H groups in total. The predicted molar refractivity (Wildman–Crippen MR) is 57.3 cm³/mol. The van der Waals surface area contributed by atoms with Crippen molar-refractivity contribution in [1.29, 1.82) is 0 Å². The molecule has 2 aromatic carbocycles. The molecule has 5 heteroatoms.